The molecule has 5 rings (SSSR count). The summed E-state index contributed by atoms with van der Waals surface area (Å²) in [7, 11) is 1.51. The number of ether oxygens (including phenoxy) is 2. The minimum absolute atomic E-state index is 0.0254. The van der Waals surface area contributed by atoms with Gasteiger partial charge in [-0.05, 0) is 108 Å². The van der Waals surface area contributed by atoms with E-state index >= 15 is 0 Å². The van der Waals surface area contributed by atoms with Crippen LogP contribution in [0.1, 0.15) is 63.9 Å². The van der Waals surface area contributed by atoms with Crippen LogP contribution in [0.15, 0.2) is 30.3 Å². The maximum Gasteiger partial charge on any atom is 0.308 e. The van der Waals surface area contributed by atoms with Crippen molar-refractivity contribution in [3.63, 3.8) is 0 Å². The van der Waals surface area contributed by atoms with E-state index in [1.807, 2.05) is 0 Å². The zero-order valence-electron chi connectivity index (χ0n) is 19.2. The summed E-state index contributed by atoms with van der Waals surface area (Å²) in [5.74, 6) is 1.93. The van der Waals surface area contributed by atoms with Gasteiger partial charge in [-0.2, -0.15) is 0 Å². The van der Waals surface area contributed by atoms with Crippen LogP contribution in [-0.2, 0) is 16.1 Å². The number of rotatable bonds is 5. The molecule has 0 spiro atoms. The van der Waals surface area contributed by atoms with Crippen LogP contribution in [0.5, 0.6) is 5.75 Å². The number of piperidine rings is 1. The summed E-state index contributed by atoms with van der Waals surface area (Å²) in [6.07, 6.45) is 9.53. The van der Waals surface area contributed by atoms with Crippen molar-refractivity contribution in [1.29, 1.82) is 0 Å². The summed E-state index contributed by atoms with van der Waals surface area (Å²) in [4.78, 5) is 14.7. The first-order chi connectivity index (χ1) is 15.5. The third kappa shape index (κ3) is 4.52. The number of fused-ring (bicyclic) bond motifs is 3. The maximum atomic E-state index is 12.0. The number of hydrogen-bond donors (Lipinski definition) is 0. The van der Waals surface area contributed by atoms with Crippen LogP contribution in [0, 0.1) is 15.4 Å². The Labute approximate surface area is 205 Å². The highest BCUT2D eigenvalue weighted by Crippen LogP contribution is 2.40. The highest BCUT2D eigenvalue weighted by molar-refractivity contribution is 14.1. The predicted molar refractivity (Wildman–Crippen MR) is 136 cm³/mol. The molecule has 32 heavy (non-hydrogen) atoms. The van der Waals surface area contributed by atoms with Crippen molar-refractivity contribution < 1.29 is 14.3 Å². The molecule has 0 aromatic heterocycles. The Morgan fingerprint density at radius 2 is 1.75 bits per heavy atom. The SMILES string of the molecule is COC(=O)C1CC2CCC(C1)N2Cc1ccc2c(I)c(OC3CCC(C)CC3)ccc2c1. The fourth-order valence-corrected chi connectivity index (χ4v) is 6.94. The Bertz CT molecular complexity index is 970. The standard InChI is InChI=1S/C27H34INO3/c1-17-3-9-23(10-4-17)32-25-12-6-19-13-18(5-11-24(19)26(25)28)16-29-21-7-8-22(29)15-20(14-21)27(30)31-2/h5-6,11-13,17,20-23H,3-4,7-10,14-16H2,1-2H3. The molecule has 4 nitrogen and oxygen atoms in total. The van der Waals surface area contributed by atoms with Crippen LogP contribution in [0.2, 0.25) is 0 Å². The number of esters is 1. The number of nitrogens with zero attached hydrogens (tertiary/aromatic N) is 1. The average molecular weight is 547 g/mol. The Morgan fingerprint density at radius 1 is 1.03 bits per heavy atom. The molecule has 2 heterocycles. The van der Waals surface area contributed by atoms with Crippen molar-refractivity contribution in [3.05, 3.63) is 39.5 Å². The first kappa shape index (κ1) is 22.5. The van der Waals surface area contributed by atoms with Crippen LogP contribution in [0.4, 0.5) is 0 Å². The first-order valence-electron chi connectivity index (χ1n) is 12.2. The van der Waals surface area contributed by atoms with Crippen molar-refractivity contribution in [2.24, 2.45) is 11.8 Å². The average Bonchev–Trinajstić information content (AvgIpc) is 3.03. The zero-order valence-corrected chi connectivity index (χ0v) is 21.3. The van der Waals surface area contributed by atoms with Gasteiger partial charge in [0.15, 0.2) is 0 Å². The highest BCUT2D eigenvalue weighted by Gasteiger charge is 2.43. The van der Waals surface area contributed by atoms with Gasteiger partial charge in [-0.25, -0.2) is 0 Å². The lowest BCUT2D eigenvalue weighted by Gasteiger charge is -2.38. The van der Waals surface area contributed by atoms with Gasteiger partial charge in [-0.15, -0.1) is 0 Å². The van der Waals surface area contributed by atoms with E-state index in [1.54, 1.807) is 0 Å². The molecule has 3 aliphatic rings. The van der Waals surface area contributed by atoms with Crippen molar-refractivity contribution in [2.75, 3.05) is 7.11 Å². The monoisotopic (exact) mass is 547 g/mol. The molecular formula is C27H34INO3. The summed E-state index contributed by atoms with van der Waals surface area (Å²) < 4.78 is 12.7. The molecule has 1 saturated carbocycles. The molecule has 2 aromatic carbocycles. The minimum Gasteiger partial charge on any atom is -0.489 e. The van der Waals surface area contributed by atoms with Gasteiger partial charge < -0.3 is 9.47 Å². The lowest BCUT2D eigenvalue weighted by molar-refractivity contribution is -0.148. The summed E-state index contributed by atoms with van der Waals surface area (Å²) in [5, 5.41) is 2.57. The quantitative estimate of drug-likeness (QED) is 0.325. The van der Waals surface area contributed by atoms with Gasteiger partial charge in [0.05, 0.1) is 22.7 Å². The van der Waals surface area contributed by atoms with E-state index in [1.165, 1.54) is 65.5 Å². The van der Waals surface area contributed by atoms with Crippen molar-refractivity contribution in [2.45, 2.75) is 83.0 Å². The normalized spacial score (nSPS) is 30.4. The molecule has 0 amide bonds. The second kappa shape index (κ2) is 9.49. The van der Waals surface area contributed by atoms with E-state index in [-0.39, 0.29) is 11.9 Å². The third-order valence-corrected chi connectivity index (χ3v) is 9.14. The van der Waals surface area contributed by atoms with Crippen molar-refractivity contribution in [3.8, 4) is 5.75 Å². The number of carbonyl (C=O) groups excluding carboxylic acids is 1. The Balaban J connectivity index is 1.29. The Kier molecular flexibility index (Phi) is 6.66. The van der Waals surface area contributed by atoms with E-state index in [0.29, 0.717) is 18.2 Å². The molecule has 172 valence electrons. The summed E-state index contributed by atoms with van der Waals surface area (Å²) in [6, 6.07) is 12.3. The van der Waals surface area contributed by atoms with Gasteiger partial charge in [0.25, 0.3) is 0 Å². The van der Waals surface area contributed by atoms with Crippen LogP contribution in [0.25, 0.3) is 10.8 Å². The minimum atomic E-state index is -0.0254. The van der Waals surface area contributed by atoms with Crippen molar-refractivity contribution >= 4 is 39.3 Å². The third-order valence-electron chi connectivity index (χ3n) is 8.02. The lowest BCUT2D eigenvalue weighted by atomic mass is 9.89. The topological polar surface area (TPSA) is 38.8 Å². The molecule has 2 aliphatic heterocycles. The summed E-state index contributed by atoms with van der Waals surface area (Å²) in [6.45, 7) is 3.31. The predicted octanol–water partition coefficient (Wildman–Crippen LogP) is 6.32. The van der Waals surface area contributed by atoms with Crippen molar-refractivity contribution in [1.82, 2.24) is 4.90 Å². The van der Waals surface area contributed by atoms with Crippen LogP contribution >= 0.6 is 22.6 Å². The second-order valence-electron chi connectivity index (χ2n) is 10.2. The highest BCUT2D eigenvalue weighted by atomic mass is 127. The fourth-order valence-electron chi connectivity index (χ4n) is 6.14. The van der Waals surface area contributed by atoms with Gasteiger partial charge in [0.1, 0.15) is 5.75 Å². The molecule has 2 bridgehead atoms. The summed E-state index contributed by atoms with van der Waals surface area (Å²) in [5.41, 5.74) is 1.36. The Hall–Kier alpha value is -1.34. The van der Waals surface area contributed by atoms with E-state index in [9.17, 15) is 4.79 Å². The fraction of sp³-hybridized carbons (Fsp3) is 0.593. The largest absolute Gasteiger partial charge is 0.489 e. The maximum absolute atomic E-state index is 12.0. The first-order valence-corrected chi connectivity index (χ1v) is 13.3. The second-order valence-corrected chi connectivity index (χ2v) is 11.3. The number of halogens is 1. The zero-order chi connectivity index (χ0) is 22.2. The molecule has 0 N–H and O–H groups in total. The molecular weight excluding hydrogens is 513 g/mol. The number of methoxy groups -OCH3 is 1. The molecule has 0 radical (unpaired) electrons. The van der Waals surface area contributed by atoms with Gasteiger partial charge in [0, 0.05) is 18.6 Å². The molecule has 1 aliphatic carbocycles. The molecule has 3 fully saturated rings. The molecule has 2 saturated heterocycles. The number of hydrogen-bond acceptors (Lipinski definition) is 4. The van der Waals surface area contributed by atoms with Gasteiger partial charge >= 0.3 is 5.97 Å². The van der Waals surface area contributed by atoms with E-state index in [2.05, 4.69) is 64.7 Å². The number of benzene rings is 2. The van der Waals surface area contributed by atoms with Gasteiger partial charge in [-0.3, -0.25) is 9.69 Å². The van der Waals surface area contributed by atoms with Crippen LogP contribution in [0.3, 0.4) is 0 Å². The molecule has 2 aromatic rings. The number of carbonyl (C=O) groups is 1. The molecule has 2 unspecified atom stereocenters. The van der Waals surface area contributed by atoms with Gasteiger partial charge in [0.2, 0.25) is 0 Å². The van der Waals surface area contributed by atoms with E-state index in [4.69, 9.17) is 9.47 Å². The Morgan fingerprint density at radius 3 is 2.44 bits per heavy atom. The lowest BCUT2D eigenvalue weighted by Crippen LogP contribution is -2.44. The molecule has 5 heteroatoms. The van der Waals surface area contributed by atoms with E-state index < -0.39 is 0 Å². The smallest absolute Gasteiger partial charge is 0.308 e. The molecule has 2 atom stereocenters. The van der Waals surface area contributed by atoms with Gasteiger partial charge in [-0.1, -0.05) is 25.1 Å². The summed E-state index contributed by atoms with van der Waals surface area (Å²) >= 11 is 2.46. The van der Waals surface area contributed by atoms with E-state index in [0.717, 1.165) is 31.1 Å². The van der Waals surface area contributed by atoms with Crippen LogP contribution in [-0.4, -0.2) is 36.2 Å². The van der Waals surface area contributed by atoms with Crippen LogP contribution < -0.4 is 4.74 Å².